The molecular formula is C2H6LiNO6. The van der Waals surface area contributed by atoms with Crippen LogP contribution >= 0.6 is 0 Å². The first-order chi connectivity index (χ1) is 3.46. The molecule has 56 valence electrons. The van der Waals surface area contributed by atoms with Crippen LogP contribution in [-0.2, 0) is 0 Å². The second-order valence-corrected chi connectivity index (χ2v) is 0.548. The molecule has 0 spiro atoms. The van der Waals surface area contributed by atoms with Gasteiger partial charge < -0.3 is 31.4 Å². The van der Waals surface area contributed by atoms with Gasteiger partial charge in [0.05, 0.1) is 0 Å². The Kier molecular flexibility index (Phi) is 36.0. The topological polar surface area (TPSA) is 153 Å². The first-order valence-electron chi connectivity index (χ1n) is 1.28. The van der Waals surface area contributed by atoms with Crippen LogP contribution in [-0.4, -0.2) is 27.6 Å². The van der Waals surface area contributed by atoms with Crippen molar-refractivity contribution in [1.82, 2.24) is 6.15 Å². The molecule has 8 heteroatoms. The van der Waals surface area contributed by atoms with Crippen molar-refractivity contribution >= 4 is 12.3 Å². The molecule has 0 saturated heterocycles. The van der Waals surface area contributed by atoms with Gasteiger partial charge in [0.2, 0.25) is 6.16 Å². The molecule has 10 heavy (non-hydrogen) atoms. The predicted octanol–water partition coefficient (Wildman–Crippen LogP) is -3.72. The van der Waals surface area contributed by atoms with Gasteiger partial charge in [-0.15, -0.1) is 0 Å². The number of rotatable bonds is 0. The Morgan fingerprint density at radius 3 is 1.10 bits per heavy atom. The first kappa shape index (κ1) is 23.0. The Morgan fingerprint density at radius 1 is 1.10 bits per heavy atom. The normalized spacial score (nSPS) is 4.80. The zero-order valence-corrected chi connectivity index (χ0v) is 5.27. The molecule has 0 aromatic rings. The molecule has 0 amide bonds. The van der Waals surface area contributed by atoms with E-state index >= 15 is 0 Å². The third kappa shape index (κ3) is 324. The summed E-state index contributed by atoms with van der Waals surface area (Å²) in [6.07, 6.45) is -3.92. The smallest absolute Gasteiger partial charge is 0.565 e. The van der Waals surface area contributed by atoms with Crippen LogP contribution in [0.4, 0.5) is 9.59 Å². The second-order valence-electron chi connectivity index (χ2n) is 0.548. The number of hydrogen-bond acceptors (Lipinski definition) is 4. The van der Waals surface area contributed by atoms with Gasteiger partial charge >= 0.3 is 25.0 Å². The summed E-state index contributed by atoms with van der Waals surface area (Å²) >= 11 is 0. The molecule has 0 aromatic carbocycles. The minimum absolute atomic E-state index is 0. The van der Waals surface area contributed by atoms with Gasteiger partial charge in [0.1, 0.15) is 0 Å². The fourth-order valence-electron chi connectivity index (χ4n) is 0. The zero-order chi connectivity index (χ0) is 7.15. The molecule has 0 heterocycles. The van der Waals surface area contributed by atoms with Gasteiger partial charge in [-0.05, 0) is 0 Å². The van der Waals surface area contributed by atoms with Gasteiger partial charge in [-0.2, -0.15) is 0 Å². The van der Waals surface area contributed by atoms with Gasteiger partial charge in [-0.1, -0.05) is 0 Å². The molecule has 0 aromatic heterocycles. The molecule has 0 saturated carbocycles. The molecule has 0 radical (unpaired) electrons. The van der Waals surface area contributed by atoms with Crippen LogP contribution in [0, 0.1) is 0 Å². The average molecular weight is 147 g/mol. The molecule has 0 unspecified atom stereocenters. The Balaban J connectivity index is -0.0000000300. The van der Waals surface area contributed by atoms with E-state index in [1.54, 1.807) is 0 Å². The van der Waals surface area contributed by atoms with Crippen molar-refractivity contribution in [3.63, 3.8) is 0 Å². The summed E-state index contributed by atoms with van der Waals surface area (Å²) in [7, 11) is 0. The first-order valence-corrected chi connectivity index (χ1v) is 1.28. The van der Waals surface area contributed by atoms with Crippen LogP contribution in [0.25, 0.3) is 0 Å². The van der Waals surface area contributed by atoms with Crippen LogP contribution in [0.15, 0.2) is 0 Å². The van der Waals surface area contributed by atoms with E-state index in [4.69, 9.17) is 30.0 Å². The van der Waals surface area contributed by atoms with Crippen LogP contribution in [0.1, 0.15) is 0 Å². The van der Waals surface area contributed by atoms with E-state index in [9.17, 15) is 0 Å². The van der Waals surface area contributed by atoms with Crippen molar-refractivity contribution in [3.05, 3.63) is 0 Å². The molecule has 7 nitrogen and oxygen atoms in total. The summed E-state index contributed by atoms with van der Waals surface area (Å²) in [5.41, 5.74) is 0. The van der Waals surface area contributed by atoms with Gasteiger partial charge in [-0.3, -0.25) is 0 Å². The van der Waals surface area contributed by atoms with Crippen molar-refractivity contribution in [3.8, 4) is 0 Å². The van der Waals surface area contributed by atoms with E-state index in [2.05, 4.69) is 0 Å². The van der Waals surface area contributed by atoms with Crippen molar-refractivity contribution in [2.75, 3.05) is 0 Å². The van der Waals surface area contributed by atoms with E-state index in [-0.39, 0.29) is 25.0 Å². The zero-order valence-electron chi connectivity index (χ0n) is 5.27. The molecule has 6 N–H and O–H groups in total. The summed E-state index contributed by atoms with van der Waals surface area (Å²) in [6, 6.07) is 0. The Bertz CT molecular complexity index is 73.7. The van der Waals surface area contributed by atoms with E-state index < -0.39 is 12.3 Å². The third-order valence-corrected chi connectivity index (χ3v) is 0. The van der Waals surface area contributed by atoms with Gasteiger partial charge in [0.15, 0.2) is 0 Å². The monoisotopic (exact) mass is 147 g/mol. The SMILES string of the molecule is N.O=C(O)O.O=C([O-])O.[Li+]. The molecular weight excluding hydrogens is 141 g/mol. The van der Waals surface area contributed by atoms with Crippen molar-refractivity contribution in [2.45, 2.75) is 0 Å². The Hall–Kier alpha value is -0.903. The summed E-state index contributed by atoms with van der Waals surface area (Å²) in [4.78, 5) is 17.0. The molecule has 0 aliphatic heterocycles. The van der Waals surface area contributed by atoms with Crippen LogP contribution in [0.3, 0.4) is 0 Å². The number of carboxylic acid groups (broad SMARTS) is 4. The summed E-state index contributed by atoms with van der Waals surface area (Å²) < 4.78 is 0. The standard InChI is InChI=1S/2CH2O3.Li.H3N/c2*2-1(3)4;;/h2*(H2,2,3,4);;1H3/q;;+1;/p-1. The Labute approximate surface area is 68.0 Å². The molecule has 0 aliphatic carbocycles. The fourth-order valence-corrected chi connectivity index (χ4v) is 0. The van der Waals surface area contributed by atoms with Crippen molar-refractivity contribution < 1.29 is 48.9 Å². The minimum atomic E-state index is -2.08. The van der Waals surface area contributed by atoms with E-state index in [1.807, 2.05) is 0 Å². The van der Waals surface area contributed by atoms with Crippen LogP contribution < -0.4 is 30.1 Å². The largest absolute Gasteiger partial charge is 1.00 e. The molecule has 0 rings (SSSR count). The van der Waals surface area contributed by atoms with E-state index in [1.165, 1.54) is 0 Å². The van der Waals surface area contributed by atoms with E-state index in [0.29, 0.717) is 0 Å². The average Bonchev–Trinajstić information content (AvgIpc) is 1.25. The maximum absolute atomic E-state index is 8.56. The quantitative estimate of drug-likeness (QED) is 0.257. The third-order valence-electron chi connectivity index (χ3n) is 0. The predicted molar refractivity (Wildman–Crippen MR) is 23.7 cm³/mol. The van der Waals surface area contributed by atoms with Crippen LogP contribution in [0.2, 0.25) is 0 Å². The van der Waals surface area contributed by atoms with Gasteiger partial charge in [0, 0.05) is 0 Å². The molecule has 0 bridgehead atoms. The number of hydrogen-bond donors (Lipinski definition) is 4. The second kappa shape index (κ2) is 15.7. The molecule has 0 atom stereocenters. The van der Waals surface area contributed by atoms with Crippen molar-refractivity contribution in [1.29, 1.82) is 0 Å². The van der Waals surface area contributed by atoms with E-state index in [0.717, 1.165) is 0 Å². The maximum Gasteiger partial charge on any atom is 1.00 e. The van der Waals surface area contributed by atoms with Gasteiger partial charge in [-0.25, -0.2) is 4.79 Å². The Morgan fingerprint density at radius 2 is 1.10 bits per heavy atom. The minimum Gasteiger partial charge on any atom is -0.565 e. The van der Waals surface area contributed by atoms with Crippen molar-refractivity contribution in [2.24, 2.45) is 0 Å². The molecule has 0 fully saturated rings. The summed E-state index contributed by atoms with van der Waals surface area (Å²) in [5, 5.41) is 29.2. The maximum atomic E-state index is 8.56. The van der Waals surface area contributed by atoms with Crippen LogP contribution in [0.5, 0.6) is 0 Å². The summed E-state index contributed by atoms with van der Waals surface area (Å²) in [5.74, 6) is 0. The fraction of sp³-hybridized carbons (Fsp3) is 0. The molecule has 0 aliphatic rings. The number of carbonyl (C=O) groups is 2. The van der Waals surface area contributed by atoms with Gasteiger partial charge in [0.25, 0.3) is 0 Å². The summed E-state index contributed by atoms with van der Waals surface area (Å²) in [6.45, 7) is 0.